The molecule has 0 aromatic heterocycles. The zero-order chi connectivity index (χ0) is 2.71. The summed E-state index contributed by atoms with van der Waals surface area (Å²) in [6.45, 7) is 0. The fraction of sp³-hybridized carbons (Fsp3) is 1.00. The third-order valence-corrected chi connectivity index (χ3v) is 0. The molecule has 0 aliphatic rings. The zero-order valence-electron chi connectivity index (χ0n) is 3.95. The Bertz CT molecular complexity index is 9.61. The van der Waals surface area contributed by atoms with Crippen molar-refractivity contribution in [1.29, 1.82) is 0 Å². The molecule has 0 unspecified atom stereocenters. The molecule has 0 rings (SSSR count). The Hall–Kier alpha value is 0.830. The van der Waals surface area contributed by atoms with E-state index in [1.165, 1.54) is 0 Å². The molecule has 0 aliphatic carbocycles. The number of nitrogens with zero attached hydrogens (tertiary/aromatic N) is 1. The molecular formula is C2H7HfN-2. The van der Waals surface area contributed by atoms with E-state index in [0.29, 0.717) is 0 Å². The zero-order valence-corrected chi connectivity index (χ0v) is 6.54. The molecule has 0 spiro atoms. The Morgan fingerprint density at radius 3 is 1.50 bits per heavy atom. The van der Waals surface area contributed by atoms with Crippen molar-refractivity contribution in [2.75, 3.05) is 14.1 Å². The van der Waals surface area contributed by atoms with E-state index in [0.717, 1.165) is 0 Å². The molecular weight excluding hydrogens is 217 g/mol. The Balaban J connectivity index is -0.0000000200. The molecule has 4 heavy (non-hydrogen) atoms. The monoisotopic (exact) mass is 225 g/mol. The van der Waals surface area contributed by atoms with Crippen LogP contribution in [0, 0.1) is 0 Å². The summed E-state index contributed by atoms with van der Waals surface area (Å²) in [5, 5.41) is 3.50. The maximum absolute atomic E-state index is 3.50. The second-order valence-electron chi connectivity index (χ2n) is 0.447. The van der Waals surface area contributed by atoms with Gasteiger partial charge in [-0.05, 0) is 0 Å². The predicted octanol–water partition coefficient (Wildman–Crippen LogP) is 0.730. The molecule has 1 nitrogen and oxygen atoms in total. The maximum atomic E-state index is 3.50. The minimum Gasteiger partial charge on any atom is -1.00 e. The van der Waals surface area contributed by atoms with Gasteiger partial charge in [0.2, 0.25) is 0 Å². The first kappa shape index (κ1) is 8.85. The van der Waals surface area contributed by atoms with Crippen molar-refractivity contribution in [2.45, 2.75) is 0 Å². The molecule has 0 aliphatic heterocycles. The van der Waals surface area contributed by atoms with Gasteiger partial charge >= 0.3 is 0 Å². The Labute approximate surface area is 47.0 Å². The molecule has 0 radical (unpaired) electrons. The molecule has 0 atom stereocenters. The summed E-state index contributed by atoms with van der Waals surface area (Å²) < 4.78 is 0. The fourth-order valence-corrected chi connectivity index (χ4v) is 0. The van der Waals surface area contributed by atoms with Crippen LogP contribution in [0.2, 0.25) is 0 Å². The van der Waals surface area contributed by atoms with Gasteiger partial charge in [-0.3, -0.25) is 0 Å². The Morgan fingerprint density at radius 2 is 1.50 bits per heavy atom. The van der Waals surface area contributed by atoms with E-state index in [1.807, 2.05) is 0 Å². The van der Waals surface area contributed by atoms with Crippen LogP contribution in [0.25, 0.3) is 5.32 Å². The first-order valence-corrected chi connectivity index (χ1v) is 0.894. The van der Waals surface area contributed by atoms with Crippen LogP contribution >= 0.6 is 0 Å². The molecule has 2 heteroatoms. The van der Waals surface area contributed by atoms with Crippen molar-refractivity contribution in [3.63, 3.8) is 0 Å². The number of hydrogen-bond acceptors (Lipinski definition) is 0. The van der Waals surface area contributed by atoms with Crippen LogP contribution in [0.1, 0.15) is 1.43 Å². The fourth-order valence-electron chi connectivity index (χ4n) is 0. The smallest absolute Gasteiger partial charge is 0 e. The topological polar surface area (TPSA) is 14.1 Å². The first-order chi connectivity index (χ1) is 1.41. The third kappa shape index (κ3) is 13.8. The van der Waals surface area contributed by atoms with E-state index in [1.54, 1.807) is 14.1 Å². The van der Waals surface area contributed by atoms with Crippen molar-refractivity contribution in [3.8, 4) is 0 Å². The van der Waals surface area contributed by atoms with Crippen molar-refractivity contribution >= 4 is 0 Å². The SMILES string of the molecule is C[N-]C.[H-].[Hf]. The molecule has 0 heterocycles. The van der Waals surface area contributed by atoms with Crippen molar-refractivity contribution in [1.82, 2.24) is 0 Å². The molecule has 0 bridgehead atoms. The van der Waals surface area contributed by atoms with Crippen LogP contribution in [-0.2, 0) is 25.8 Å². The summed E-state index contributed by atoms with van der Waals surface area (Å²) in [4.78, 5) is 0. The van der Waals surface area contributed by atoms with Crippen LogP contribution in [0.3, 0.4) is 0 Å². The summed E-state index contributed by atoms with van der Waals surface area (Å²) in [7, 11) is 3.50. The van der Waals surface area contributed by atoms with Crippen molar-refractivity contribution in [2.24, 2.45) is 0 Å². The Morgan fingerprint density at radius 1 is 1.50 bits per heavy atom. The maximum Gasteiger partial charge on any atom is 0 e. The van der Waals surface area contributed by atoms with E-state index >= 15 is 0 Å². The van der Waals surface area contributed by atoms with Gasteiger partial charge in [0.05, 0.1) is 0 Å². The standard InChI is InChI=1S/C2H6N.Hf.H/c1-3-2;;/h1-2H3;;/q-1;;-1. The van der Waals surface area contributed by atoms with Gasteiger partial charge in [0, 0.05) is 25.8 Å². The molecule has 0 aromatic rings. The molecule has 0 N–H and O–H groups in total. The van der Waals surface area contributed by atoms with Crippen molar-refractivity contribution in [3.05, 3.63) is 5.32 Å². The van der Waals surface area contributed by atoms with Gasteiger partial charge in [-0.1, -0.05) is 0 Å². The van der Waals surface area contributed by atoms with Crippen LogP contribution in [0.4, 0.5) is 0 Å². The van der Waals surface area contributed by atoms with E-state index in [2.05, 4.69) is 5.32 Å². The second kappa shape index (κ2) is 9.16. The first-order valence-electron chi connectivity index (χ1n) is 0.894. The number of hydrogen-bond donors (Lipinski definition) is 0. The summed E-state index contributed by atoms with van der Waals surface area (Å²) in [5.74, 6) is 0. The number of rotatable bonds is 0. The van der Waals surface area contributed by atoms with Crippen LogP contribution < -0.4 is 0 Å². The normalized spacial score (nSPS) is 4.50. The van der Waals surface area contributed by atoms with E-state index < -0.39 is 0 Å². The molecule has 0 amide bonds. The Kier molecular flexibility index (Phi) is 20.3. The van der Waals surface area contributed by atoms with Crippen LogP contribution in [-0.4, -0.2) is 14.1 Å². The average molecular weight is 224 g/mol. The van der Waals surface area contributed by atoms with E-state index in [9.17, 15) is 0 Å². The molecule has 0 saturated carbocycles. The summed E-state index contributed by atoms with van der Waals surface area (Å²) in [5.41, 5.74) is 0. The van der Waals surface area contributed by atoms with Crippen LogP contribution in [0.15, 0.2) is 0 Å². The van der Waals surface area contributed by atoms with Gasteiger partial charge in [0.1, 0.15) is 0 Å². The largest absolute Gasteiger partial charge is 1.00 e. The molecule has 0 aromatic carbocycles. The predicted molar refractivity (Wildman–Crippen MR) is 16.3 cm³/mol. The van der Waals surface area contributed by atoms with Gasteiger partial charge in [-0.15, -0.1) is 0 Å². The van der Waals surface area contributed by atoms with Crippen LogP contribution in [0.5, 0.6) is 0 Å². The molecule has 26 valence electrons. The minimum atomic E-state index is 0. The minimum absolute atomic E-state index is 0. The van der Waals surface area contributed by atoms with Gasteiger partial charge in [0.25, 0.3) is 0 Å². The average Bonchev–Trinajstić information content (AvgIpc) is 0.918. The summed E-state index contributed by atoms with van der Waals surface area (Å²) in [6.07, 6.45) is 0. The van der Waals surface area contributed by atoms with E-state index in [-0.39, 0.29) is 27.3 Å². The van der Waals surface area contributed by atoms with Gasteiger partial charge < -0.3 is 6.74 Å². The van der Waals surface area contributed by atoms with Crippen molar-refractivity contribution < 1.29 is 27.3 Å². The van der Waals surface area contributed by atoms with Gasteiger partial charge in [-0.25, -0.2) is 0 Å². The quantitative estimate of drug-likeness (QED) is 0.538. The van der Waals surface area contributed by atoms with Gasteiger partial charge in [0.15, 0.2) is 0 Å². The van der Waals surface area contributed by atoms with Gasteiger partial charge in [-0.2, -0.15) is 14.1 Å². The summed E-state index contributed by atoms with van der Waals surface area (Å²) >= 11 is 0. The summed E-state index contributed by atoms with van der Waals surface area (Å²) in [6, 6.07) is 0. The van der Waals surface area contributed by atoms with E-state index in [4.69, 9.17) is 0 Å². The second-order valence-corrected chi connectivity index (χ2v) is 0.447. The molecule has 0 saturated heterocycles. The molecule has 0 fully saturated rings. The third-order valence-electron chi connectivity index (χ3n) is 0.